The summed E-state index contributed by atoms with van der Waals surface area (Å²) in [6.07, 6.45) is -5.99. The van der Waals surface area contributed by atoms with Gasteiger partial charge in [0, 0.05) is 0 Å². The van der Waals surface area contributed by atoms with Gasteiger partial charge in [0.25, 0.3) is 0 Å². The Balaban J connectivity index is 1.20. The van der Waals surface area contributed by atoms with Crippen molar-refractivity contribution in [3.63, 3.8) is 0 Å². The molecular weight excluding hydrogens is 649 g/mol. The van der Waals surface area contributed by atoms with E-state index < -0.39 is 77.0 Å². The number of nitrogen functional groups attached to an aromatic ring is 2. The molecule has 7 heterocycles. The second kappa shape index (κ2) is 11.0. The molecule has 236 valence electrons. The minimum Gasteiger partial charge on any atom is -0.387 e. The first kappa shape index (κ1) is 30.0. The molecule has 19 nitrogen and oxygen atoms in total. The van der Waals surface area contributed by atoms with Crippen molar-refractivity contribution in [1.82, 2.24) is 39.0 Å². The van der Waals surface area contributed by atoms with Gasteiger partial charge in [0.05, 0.1) is 19.3 Å². The number of fused-ring (bicyclic) bond motifs is 5. The van der Waals surface area contributed by atoms with Crippen LogP contribution in [0.2, 0.25) is 0 Å². The number of anilines is 2. The fraction of sp³-hybridized carbons (Fsp3) is 0.524. The zero-order valence-electron chi connectivity index (χ0n) is 22.5. The molecule has 0 spiro atoms. The first-order valence-electron chi connectivity index (χ1n) is 13.0. The Labute approximate surface area is 252 Å². The highest BCUT2D eigenvalue weighted by Gasteiger charge is 2.56. The Hall–Kier alpha value is -2.65. The van der Waals surface area contributed by atoms with Crippen LogP contribution in [0, 0.1) is 0 Å². The van der Waals surface area contributed by atoms with Gasteiger partial charge in [-0.1, -0.05) is 0 Å². The predicted octanol–water partition coefficient (Wildman–Crippen LogP) is -0.257. The van der Waals surface area contributed by atoms with Crippen molar-refractivity contribution >= 4 is 60.4 Å². The first-order chi connectivity index (χ1) is 20.9. The fourth-order valence-corrected chi connectivity index (χ4v) is 7.91. The molecule has 3 saturated heterocycles. The van der Waals surface area contributed by atoms with Crippen LogP contribution in [0.25, 0.3) is 22.3 Å². The van der Waals surface area contributed by atoms with Gasteiger partial charge < -0.3 is 35.5 Å². The van der Waals surface area contributed by atoms with Gasteiger partial charge in [0.15, 0.2) is 47.7 Å². The summed E-state index contributed by atoms with van der Waals surface area (Å²) in [6.45, 7) is -3.88. The van der Waals surface area contributed by atoms with Gasteiger partial charge in [-0.05, 0) is 11.8 Å². The van der Waals surface area contributed by atoms with Crippen LogP contribution in [0.1, 0.15) is 12.5 Å². The van der Waals surface area contributed by atoms with Crippen LogP contribution in [-0.4, -0.2) is 111 Å². The van der Waals surface area contributed by atoms with Crippen LogP contribution in [0.4, 0.5) is 16.0 Å². The summed E-state index contributed by atoms with van der Waals surface area (Å²) < 4.78 is 53.6. The molecule has 23 heteroatoms. The summed E-state index contributed by atoms with van der Waals surface area (Å²) >= 11 is 5.27. The number of imidazole rings is 2. The Morgan fingerprint density at radius 1 is 0.932 bits per heavy atom. The van der Waals surface area contributed by atoms with Crippen molar-refractivity contribution in [3.05, 3.63) is 25.3 Å². The Morgan fingerprint density at radius 2 is 1.52 bits per heavy atom. The van der Waals surface area contributed by atoms with E-state index in [2.05, 4.69) is 29.9 Å². The number of nitrogens with two attached hydrogens (primary N) is 2. The summed E-state index contributed by atoms with van der Waals surface area (Å²) in [7, 11) is -3.80. The highest BCUT2D eigenvalue weighted by molar-refractivity contribution is 8.07. The number of halogens is 1. The molecule has 0 radical (unpaired) electrons. The maximum Gasteiger partial charge on any atom is 0.406 e. The number of aromatic nitrogens is 8. The topological polar surface area (TPSA) is 255 Å². The molecule has 0 saturated carbocycles. The average Bonchev–Trinajstić information content (AvgIpc) is 3.73. The summed E-state index contributed by atoms with van der Waals surface area (Å²) in [5.74, 6) is 0.192. The number of hydrogen-bond donors (Lipinski definition) is 5. The second-order valence-corrected chi connectivity index (χ2v) is 15.1. The van der Waals surface area contributed by atoms with E-state index in [-0.39, 0.29) is 34.0 Å². The van der Waals surface area contributed by atoms with Gasteiger partial charge in [0.2, 0.25) is 0 Å². The van der Waals surface area contributed by atoms with Crippen molar-refractivity contribution in [2.45, 2.75) is 49.1 Å². The van der Waals surface area contributed by atoms with E-state index in [0.717, 1.165) is 0 Å². The number of hydrogen-bond acceptors (Lipinski definition) is 17. The molecule has 2 unspecified atom stereocenters. The lowest BCUT2D eigenvalue weighted by atomic mass is 10.1. The Morgan fingerprint density at radius 3 is 2.16 bits per heavy atom. The van der Waals surface area contributed by atoms with Gasteiger partial charge in [-0.25, -0.2) is 34.3 Å². The standard InChI is InChI=1S/C21H25FN10O9P2S/c1-42(34)36-2-8-13(33)15(21(38-8)32-7-30-12-17(24)26-5-28-19(12)32)41-43(35,44)37-3-9-14(40-42)10(22)20(39-9)31-6-29-11-16(23)25-4-27-18(11)31/h4-10,13-15,20-21,33-34H,2-3H2,1H3,(H4-,23,24,25,26,27,28,35,44)/p+1/t8-,9-,10-,13-,14-,15-,20-,21-,42?,43?/m1/s1. The number of alkyl halides is 1. The normalized spacial score (nSPS) is 38.3. The number of aliphatic hydroxyl groups excluding tert-OH is 1. The molecule has 0 aliphatic carbocycles. The number of nitrogens with zero attached hydrogens (tertiary/aromatic N) is 8. The predicted molar refractivity (Wildman–Crippen MR) is 151 cm³/mol. The van der Waals surface area contributed by atoms with E-state index in [0.29, 0.717) is 0 Å². The van der Waals surface area contributed by atoms with E-state index in [1.807, 2.05) is 0 Å². The van der Waals surface area contributed by atoms with Crippen molar-refractivity contribution in [2.24, 2.45) is 0 Å². The molecule has 44 heavy (non-hydrogen) atoms. The number of ether oxygens (including phenoxy) is 2. The highest BCUT2D eigenvalue weighted by atomic mass is 32.5. The lowest BCUT2D eigenvalue weighted by Crippen LogP contribution is -2.35. The Bertz CT molecular complexity index is 1770. The zero-order chi connectivity index (χ0) is 31.0. The molecule has 3 fully saturated rings. The molecule has 2 bridgehead atoms. The fourth-order valence-electron chi connectivity index (χ4n) is 5.30. The van der Waals surface area contributed by atoms with Crippen LogP contribution in [0.5, 0.6) is 0 Å². The van der Waals surface area contributed by atoms with Crippen LogP contribution >= 0.6 is 14.7 Å². The maximum absolute atomic E-state index is 16.1. The first-order valence-corrected chi connectivity index (χ1v) is 17.6. The number of rotatable bonds is 2. The third-order valence-electron chi connectivity index (χ3n) is 7.35. The van der Waals surface area contributed by atoms with Gasteiger partial charge in [-0.2, -0.15) is 13.9 Å². The average molecular weight is 676 g/mol. The maximum atomic E-state index is 16.1. The molecule has 0 aromatic carbocycles. The quantitative estimate of drug-likeness (QED) is 0.172. The van der Waals surface area contributed by atoms with Crippen LogP contribution in [0.15, 0.2) is 25.3 Å². The van der Waals surface area contributed by atoms with Crippen molar-refractivity contribution in [3.8, 4) is 0 Å². The van der Waals surface area contributed by atoms with E-state index in [9.17, 15) is 14.9 Å². The van der Waals surface area contributed by atoms with E-state index in [4.69, 9.17) is 50.8 Å². The molecule has 3 aliphatic heterocycles. The lowest BCUT2D eigenvalue weighted by molar-refractivity contribution is -0.0616. The molecule has 4 aromatic rings. The van der Waals surface area contributed by atoms with Crippen LogP contribution < -0.4 is 11.5 Å². The van der Waals surface area contributed by atoms with Crippen molar-refractivity contribution in [2.75, 3.05) is 31.3 Å². The molecule has 3 aliphatic rings. The largest absolute Gasteiger partial charge is 0.406 e. The second-order valence-electron chi connectivity index (χ2n) is 10.2. The molecule has 7 N–H and O–H groups in total. The monoisotopic (exact) mass is 675 g/mol. The summed E-state index contributed by atoms with van der Waals surface area (Å²) in [5, 5.41) is 11.2. The van der Waals surface area contributed by atoms with Gasteiger partial charge >= 0.3 is 14.7 Å². The number of aliphatic hydroxyl groups is 1. The van der Waals surface area contributed by atoms with Crippen LogP contribution in [0.3, 0.4) is 0 Å². The third kappa shape index (κ3) is 5.21. The third-order valence-corrected chi connectivity index (χ3v) is 10.2. The molecule has 4 aromatic heterocycles. The van der Waals surface area contributed by atoms with Gasteiger partial charge in [0.1, 0.15) is 61.4 Å². The smallest absolute Gasteiger partial charge is 0.387 e. The SMILES string of the molecule is C[P+]1(O)OC[C@H]2O[C@@H](n3cnc4c(N)ncnc43)[C@H](OP(O)(=S)OC[C@H]3O[C@@H](n4cnc5c(N)ncnc54)[C@H](F)[C@@H]3O1)[C@@H]2O. The zero-order valence-corrected chi connectivity index (χ0v) is 25.2. The van der Waals surface area contributed by atoms with E-state index in [1.165, 1.54) is 41.1 Å². The minimum absolute atomic E-state index is 0.0848. The van der Waals surface area contributed by atoms with Crippen molar-refractivity contribution < 1.29 is 46.9 Å². The minimum atomic E-state index is -4.18. The van der Waals surface area contributed by atoms with E-state index >= 15 is 4.39 Å². The molecule has 7 rings (SSSR count). The lowest BCUT2D eigenvalue weighted by Gasteiger charge is -2.27. The molecule has 0 amide bonds. The molecular formula is C21H26FN10O9P2S+. The van der Waals surface area contributed by atoms with Crippen LogP contribution in [-0.2, 0) is 39.4 Å². The highest BCUT2D eigenvalue weighted by Crippen LogP contribution is 2.58. The summed E-state index contributed by atoms with van der Waals surface area (Å²) in [6, 6.07) is 0. The molecule has 10 atom stereocenters. The van der Waals surface area contributed by atoms with Gasteiger partial charge in [-0.3, -0.25) is 13.7 Å². The van der Waals surface area contributed by atoms with E-state index in [1.54, 1.807) is 0 Å². The van der Waals surface area contributed by atoms with Crippen molar-refractivity contribution in [1.29, 1.82) is 0 Å². The summed E-state index contributed by atoms with van der Waals surface area (Å²) in [5.41, 5.74) is 12.7. The summed E-state index contributed by atoms with van der Waals surface area (Å²) in [4.78, 5) is 46.7. The Kier molecular flexibility index (Phi) is 7.51. The van der Waals surface area contributed by atoms with Gasteiger partial charge in [-0.15, -0.1) is 0 Å².